The number of nitrogens with two attached hydrogens (primary N) is 1. The highest BCUT2D eigenvalue weighted by Crippen LogP contribution is 2.32. The number of aromatic amines is 1. The van der Waals surface area contributed by atoms with E-state index in [9.17, 15) is 20.0 Å². The average molecular weight is 287 g/mol. The highest BCUT2D eigenvalue weighted by molar-refractivity contribution is 5.96. The van der Waals surface area contributed by atoms with Gasteiger partial charge in [0.2, 0.25) is 0 Å². The first-order valence-electron chi connectivity index (χ1n) is 6.06. The third kappa shape index (κ3) is 2.50. The van der Waals surface area contributed by atoms with Crippen molar-refractivity contribution in [2.75, 3.05) is 6.61 Å². The number of fused-ring (bicyclic) bond motifs is 1. The van der Waals surface area contributed by atoms with Crippen LogP contribution in [0.2, 0.25) is 0 Å². The van der Waals surface area contributed by atoms with Crippen molar-refractivity contribution in [2.24, 2.45) is 5.73 Å². The molecular weight excluding hydrogens is 274 g/mol. The number of nitrogens with zero attached hydrogens (tertiary/aromatic N) is 1. The molecule has 0 spiro atoms. The van der Waals surface area contributed by atoms with Gasteiger partial charge in [-0.1, -0.05) is 5.92 Å². The summed E-state index contributed by atoms with van der Waals surface area (Å²) in [6.45, 7) is -0.564. The van der Waals surface area contributed by atoms with Crippen LogP contribution in [-0.2, 0) is 11.2 Å². The Balaban J connectivity index is 2.69. The molecule has 0 bridgehead atoms. The monoisotopic (exact) mass is 287 g/mol. The molecule has 1 aromatic carbocycles. The number of hydrogen-bond donors (Lipinski definition) is 3. The maximum absolute atomic E-state index is 11.2. The minimum atomic E-state index is -1.49. The van der Waals surface area contributed by atoms with Crippen LogP contribution in [0, 0.1) is 22.5 Å². The Kier molecular flexibility index (Phi) is 3.76. The van der Waals surface area contributed by atoms with Crippen LogP contribution in [0.3, 0.4) is 0 Å². The number of carbonyl (C=O) groups is 1. The molecule has 0 amide bonds. The van der Waals surface area contributed by atoms with Gasteiger partial charge in [-0.25, -0.2) is 0 Å². The van der Waals surface area contributed by atoms with Crippen molar-refractivity contribution in [1.82, 2.24) is 4.98 Å². The van der Waals surface area contributed by atoms with Gasteiger partial charge in [-0.15, -0.1) is 6.42 Å². The number of non-ortho nitro benzene ring substituents is 1. The standard InChI is InChI=1S/C14H13N3O4/c1-2-9-3-4-11(17(20)21)12-10(6-16-13(9)12)5-14(15,7-18)8-19/h1,3-4,6-7,16,19H,5,8,15H2/t14-/m0/s1. The van der Waals surface area contributed by atoms with E-state index in [-0.39, 0.29) is 12.1 Å². The van der Waals surface area contributed by atoms with Gasteiger partial charge in [-0.2, -0.15) is 0 Å². The van der Waals surface area contributed by atoms with E-state index in [0.717, 1.165) is 0 Å². The molecule has 0 fully saturated rings. The first-order chi connectivity index (χ1) is 9.95. The van der Waals surface area contributed by atoms with E-state index >= 15 is 0 Å². The zero-order valence-electron chi connectivity index (χ0n) is 11.0. The Morgan fingerprint density at radius 3 is 2.81 bits per heavy atom. The smallest absolute Gasteiger partial charge is 0.279 e. The molecule has 0 aliphatic rings. The summed E-state index contributed by atoms with van der Waals surface area (Å²) in [5, 5.41) is 20.7. The molecule has 0 aliphatic carbocycles. The molecule has 0 radical (unpaired) electrons. The molecule has 1 aromatic heterocycles. The zero-order chi connectivity index (χ0) is 15.6. The topological polar surface area (TPSA) is 122 Å². The Labute approximate surface area is 119 Å². The van der Waals surface area contributed by atoms with Gasteiger partial charge in [0.15, 0.2) is 0 Å². The lowest BCUT2D eigenvalue weighted by Crippen LogP contribution is -2.47. The second kappa shape index (κ2) is 5.36. The molecule has 7 nitrogen and oxygen atoms in total. The van der Waals surface area contributed by atoms with Gasteiger partial charge in [0.05, 0.1) is 28.0 Å². The number of hydrogen-bond acceptors (Lipinski definition) is 5. The number of H-pyrrole nitrogens is 1. The van der Waals surface area contributed by atoms with Crippen molar-refractivity contribution in [3.05, 3.63) is 39.6 Å². The van der Waals surface area contributed by atoms with Gasteiger partial charge in [-0.3, -0.25) is 10.1 Å². The van der Waals surface area contributed by atoms with Gasteiger partial charge in [0, 0.05) is 24.2 Å². The van der Waals surface area contributed by atoms with Gasteiger partial charge >= 0.3 is 0 Å². The van der Waals surface area contributed by atoms with Gasteiger partial charge in [0.1, 0.15) is 6.29 Å². The number of aromatic nitrogens is 1. The third-order valence-electron chi connectivity index (χ3n) is 3.30. The average Bonchev–Trinajstić information content (AvgIpc) is 2.89. The Morgan fingerprint density at radius 2 is 2.29 bits per heavy atom. The fourth-order valence-corrected chi connectivity index (χ4v) is 2.20. The van der Waals surface area contributed by atoms with E-state index in [4.69, 9.17) is 12.2 Å². The molecule has 4 N–H and O–H groups in total. The van der Waals surface area contributed by atoms with Crippen molar-refractivity contribution < 1.29 is 14.8 Å². The lowest BCUT2D eigenvalue weighted by Gasteiger charge is -2.19. The number of benzene rings is 1. The number of nitro benzene ring substituents is 1. The first-order valence-corrected chi connectivity index (χ1v) is 6.06. The summed E-state index contributed by atoms with van der Waals surface area (Å²) >= 11 is 0. The summed E-state index contributed by atoms with van der Waals surface area (Å²) in [7, 11) is 0. The summed E-state index contributed by atoms with van der Waals surface area (Å²) in [5.74, 6) is 2.44. The van der Waals surface area contributed by atoms with Crippen molar-refractivity contribution in [2.45, 2.75) is 12.0 Å². The number of rotatable bonds is 5. The van der Waals surface area contributed by atoms with E-state index in [1.807, 2.05) is 0 Å². The molecule has 0 saturated heterocycles. The summed E-state index contributed by atoms with van der Waals surface area (Å²) in [5.41, 5.74) is 5.48. The van der Waals surface area contributed by atoms with E-state index in [2.05, 4.69) is 10.9 Å². The van der Waals surface area contributed by atoms with Crippen molar-refractivity contribution >= 4 is 22.9 Å². The number of aldehydes is 1. The van der Waals surface area contributed by atoms with Crippen LogP contribution in [0.1, 0.15) is 11.1 Å². The van der Waals surface area contributed by atoms with Crippen LogP contribution in [0.5, 0.6) is 0 Å². The minimum absolute atomic E-state index is 0.0398. The SMILES string of the molecule is C#Cc1ccc([N+](=O)[O-])c2c(C[C@](N)(C=O)CO)c[nH]c12. The van der Waals surface area contributed by atoms with E-state index < -0.39 is 17.1 Å². The van der Waals surface area contributed by atoms with E-state index in [1.54, 1.807) is 0 Å². The maximum atomic E-state index is 11.2. The van der Waals surface area contributed by atoms with Gasteiger partial charge in [0.25, 0.3) is 5.69 Å². The minimum Gasteiger partial charge on any atom is -0.394 e. The molecule has 1 atom stereocenters. The fourth-order valence-electron chi connectivity index (χ4n) is 2.20. The lowest BCUT2D eigenvalue weighted by atomic mass is 9.93. The molecule has 0 saturated carbocycles. The molecule has 2 rings (SSSR count). The van der Waals surface area contributed by atoms with Crippen LogP contribution in [0.4, 0.5) is 5.69 Å². The molecular formula is C14H13N3O4. The lowest BCUT2D eigenvalue weighted by molar-refractivity contribution is -0.383. The number of aliphatic hydroxyl groups is 1. The van der Waals surface area contributed by atoms with Crippen LogP contribution < -0.4 is 5.73 Å². The Bertz CT molecular complexity index is 759. The van der Waals surface area contributed by atoms with Crippen molar-refractivity contribution in [3.8, 4) is 12.3 Å². The van der Waals surface area contributed by atoms with Crippen LogP contribution >= 0.6 is 0 Å². The van der Waals surface area contributed by atoms with Crippen molar-refractivity contribution in [1.29, 1.82) is 0 Å². The molecule has 7 heteroatoms. The normalized spacial score (nSPS) is 13.6. The first kappa shape index (κ1) is 14.7. The summed E-state index contributed by atoms with van der Waals surface area (Å²) in [4.78, 5) is 24.5. The highest BCUT2D eigenvalue weighted by Gasteiger charge is 2.28. The summed E-state index contributed by atoms with van der Waals surface area (Å²) < 4.78 is 0. The van der Waals surface area contributed by atoms with Crippen LogP contribution in [-0.4, -0.2) is 33.4 Å². The Hall–Kier alpha value is -2.69. The fraction of sp³-hybridized carbons (Fsp3) is 0.214. The number of terminal acetylenes is 1. The largest absolute Gasteiger partial charge is 0.394 e. The third-order valence-corrected chi connectivity index (χ3v) is 3.30. The summed E-state index contributed by atoms with van der Waals surface area (Å²) in [6, 6.07) is 2.79. The number of carbonyl (C=O) groups excluding carboxylic acids is 1. The molecule has 108 valence electrons. The number of aliphatic hydroxyl groups excluding tert-OH is 1. The quantitative estimate of drug-likeness (QED) is 0.319. The highest BCUT2D eigenvalue weighted by atomic mass is 16.6. The summed E-state index contributed by atoms with van der Waals surface area (Å²) in [6.07, 6.45) is 7.28. The van der Waals surface area contributed by atoms with Gasteiger partial charge < -0.3 is 20.6 Å². The van der Waals surface area contributed by atoms with E-state index in [0.29, 0.717) is 28.3 Å². The predicted molar refractivity (Wildman–Crippen MR) is 76.7 cm³/mol. The number of nitrogens with one attached hydrogen (secondary N) is 1. The van der Waals surface area contributed by atoms with Gasteiger partial charge in [-0.05, 0) is 11.6 Å². The molecule has 0 aliphatic heterocycles. The Morgan fingerprint density at radius 1 is 1.57 bits per heavy atom. The maximum Gasteiger partial charge on any atom is 0.279 e. The zero-order valence-corrected chi connectivity index (χ0v) is 11.0. The number of nitro groups is 1. The molecule has 0 unspecified atom stereocenters. The predicted octanol–water partition coefficient (Wildman–Crippen LogP) is 0.489. The molecule has 2 aromatic rings. The molecule has 1 heterocycles. The van der Waals surface area contributed by atoms with E-state index in [1.165, 1.54) is 18.3 Å². The van der Waals surface area contributed by atoms with Crippen LogP contribution in [0.15, 0.2) is 18.3 Å². The van der Waals surface area contributed by atoms with Crippen LogP contribution in [0.25, 0.3) is 10.9 Å². The molecule has 21 heavy (non-hydrogen) atoms. The second-order valence-electron chi connectivity index (χ2n) is 4.78. The van der Waals surface area contributed by atoms with Crippen molar-refractivity contribution in [3.63, 3.8) is 0 Å². The second-order valence-corrected chi connectivity index (χ2v) is 4.78.